The minimum Gasteiger partial charge on any atom is -0.481 e. The first kappa shape index (κ1) is 13.6. The maximum atomic E-state index is 11.3. The molecule has 3 N–H and O–H groups in total. The molecule has 7 nitrogen and oxygen atoms in total. The molecule has 1 saturated heterocycles. The number of esters is 1. The van der Waals surface area contributed by atoms with E-state index in [2.05, 4.69) is 4.74 Å². The van der Waals surface area contributed by atoms with Crippen LogP contribution >= 0.6 is 0 Å². The van der Waals surface area contributed by atoms with Crippen LogP contribution in [0.3, 0.4) is 0 Å². The minimum absolute atomic E-state index is 0.206. The number of rotatable bonds is 5. The number of hydrogen-bond donors (Lipinski definition) is 3. The van der Waals surface area contributed by atoms with Gasteiger partial charge in [-0.25, -0.2) is 4.79 Å². The fourth-order valence-corrected chi connectivity index (χ4v) is 1.64. The number of carbonyl (C=O) groups is 3. The van der Waals surface area contributed by atoms with Crippen LogP contribution in [0.1, 0.15) is 19.8 Å². The van der Waals surface area contributed by atoms with Gasteiger partial charge in [-0.2, -0.15) is 0 Å². The quantitative estimate of drug-likeness (QED) is 0.407. The minimum atomic E-state index is -1.88. The van der Waals surface area contributed by atoms with Crippen LogP contribution in [0.4, 0.5) is 0 Å². The van der Waals surface area contributed by atoms with Gasteiger partial charge in [-0.3, -0.25) is 9.59 Å². The molecule has 0 bridgehead atoms. The zero-order valence-electron chi connectivity index (χ0n) is 9.20. The predicted octanol–water partition coefficient (Wildman–Crippen LogP) is -1.30. The van der Waals surface area contributed by atoms with E-state index in [1.165, 1.54) is 0 Å². The number of Topliss-reactive ketones (excluding diaryl/α,β-unsaturated/α-hetero) is 1. The Morgan fingerprint density at radius 2 is 2.06 bits per heavy atom. The second-order valence-electron chi connectivity index (χ2n) is 3.91. The first-order valence-corrected chi connectivity index (χ1v) is 5.21. The maximum absolute atomic E-state index is 11.3. The van der Waals surface area contributed by atoms with E-state index < -0.39 is 42.0 Å². The van der Waals surface area contributed by atoms with E-state index in [1.54, 1.807) is 6.92 Å². The van der Waals surface area contributed by atoms with Gasteiger partial charge in [0.25, 0.3) is 0 Å². The molecule has 0 aliphatic carbocycles. The number of carbonyl (C=O) groups excluding carboxylic acids is 2. The molecule has 96 valence electrons. The van der Waals surface area contributed by atoms with E-state index in [1.807, 2.05) is 0 Å². The summed E-state index contributed by atoms with van der Waals surface area (Å²) in [6.45, 7) is 1.63. The molecule has 1 fully saturated rings. The van der Waals surface area contributed by atoms with Gasteiger partial charge in [0.2, 0.25) is 11.9 Å². The van der Waals surface area contributed by atoms with Crippen LogP contribution < -0.4 is 0 Å². The monoisotopic (exact) mass is 246 g/mol. The van der Waals surface area contributed by atoms with Crippen LogP contribution in [0.25, 0.3) is 0 Å². The van der Waals surface area contributed by atoms with Crippen LogP contribution in [0.15, 0.2) is 0 Å². The van der Waals surface area contributed by atoms with Gasteiger partial charge >= 0.3 is 11.9 Å². The molecule has 1 aliphatic heterocycles. The summed E-state index contributed by atoms with van der Waals surface area (Å²) in [5.41, 5.74) is 0. The summed E-state index contributed by atoms with van der Waals surface area (Å²) in [5.74, 6) is -3.96. The summed E-state index contributed by atoms with van der Waals surface area (Å²) in [6, 6.07) is 0. The number of cyclic esters (lactones) is 1. The Labute approximate surface area is 97.0 Å². The van der Waals surface area contributed by atoms with Crippen molar-refractivity contribution < 1.29 is 34.4 Å². The van der Waals surface area contributed by atoms with E-state index in [0.717, 1.165) is 0 Å². The molecule has 1 aliphatic rings. The summed E-state index contributed by atoms with van der Waals surface area (Å²) in [4.78, 5) is 32.9. The maximum Gasteiger partial charge on any atom is 0.343 e. The number of hydrogen-bond acceptors (Lipinski definition) is 6. The highest BCUT2D eigenvalue weighted by Crippen LogP contribution is 2.21. The largest absolute Gasteiger partial charge is 0.481 e. The summed E-state index contributed by atoms with van der Waals surface area (Å²) in [7, 11) is 0. The lowest BCUT2D eigenvalue weighted by atomic mass is 9.94. The van der Waals surface area contributed by atoms with Gasteiger partial charge in [0.05, 0.1) is 12.0 Å². The van der Waals surface area contributed by atoms with Crippen molar-refractivity contribution in [2.45, 2.75) is 38.1 Å². The third-order valence-corrected chi connectivity index (χ3v) is 2.73. The molecule has 0 radical (unpaired) electrons. The second-order valence-corrected chi connectivity index (χ2v) is 3.91. The lowest BCUT2D eigenvalue weighted by Crippen LogP contribution is -2.36. The van der Waals surface area contributed by atoms with Crippen LogP contribution in [0.2, 0.25) is 0 Å². The average molecular weight is 246 g/mol. The van der Waals surface area contributed by atoms with Crippen LogP contribution in [-0.2, 0) is 19.1 Å². The summed E-state index contributed by atoms with van der Waals surface area (Å²) in [6.07, 6.45) is -4.68. The van der Waals surface area contributed by atoms with Crippen molar-refractivity contribution in [3.8, 4) is 0 Å². The SMILES string of the molecule is CC[C@@H](CC(O)[C@H]1OC(=O)C(O)C1=O)C(=O)O. The molecule has 2 unspecified atom stereocenters. The molecule has 1 heterocycles. The Balaban J connectivity index is 2.65. The van der Waals surface area contributed by atoms with Gasteiger partial charge in [0.1, 0.15) is 0 Å². The van der Waals surface area contributed by atoms with Crippen molar-refractivity contribution in [1.29, 1.82) is 0 Å². The normalized spacial score (nSPS) is 27.7. The molecule has 17 heavy (non-hydrogen) atoms. The third-order valence-electron chi connectivity index (χ3n) is 2.73. The molecular weight excluding hydrogens is 232 g/mol. The highest BCUT2D eigenvalue weighted by molar-refractivity contribution is 6.09. The summed E-state index contributed by atoms with van der Waals surface area (Å²) in [5, 5.41) is 27.4. The molecular formula is C10H14O7. The molecule has 0 spiro atoms. The number of ether oxygens (including phenoxy) is 1. The smallest absolute Gasteiger partial charge is 0.343 e. The lowest BCUT2D eigenvalue weighted by molar-refractivity contribution is -0.152. The van der Waals surface area contributed by atoms with Crippen LogP contribution in [0, 0.1) is 5.92 Å². The van der Waals surface area contributed by atoms with E-state index in [0.29, 0.717) is 0 Å². The number of aliphatic hydroxyl groups excluding tert-OH is 2. The number of carboxylic acid groups (broad SMARTS) is 1. The zero-order chi connectivity index (χ0) is 13.2. The van der Waals surface area contributed by atoms with Crippen molar-refractivity contribution in [3.63, 3.8) is 0 Å². The summed E-state index contributed by atoms with van der Waals surface area (Å²) >= 11 is 0. The Hall–Kier alpha value is -1.47. The molecule has 0 aromatic rings. The van der Waals surface area contributed by atoms with Crippen LogP contribution in [0.5, 0.6) is 0 Å². The van der Waals surface area contributed by atoms with Crippen molar-refractivity contribution in [3.05, 3.63) is 0 Å². The zero-order valence-corrected chi connectivity index (χ0v) is 9.20. The Morgan fingerprint density at radius 1 is 1.47 bits per heavy atom. The topological polar surface area (TPSA) is 121 Å². The van der Waals surface area contributed by atoms with E-state index in [-0.39, 0.29) is 12.8 Å². The van der Waals surface area contributed by atoms with Gasteiger partial charge < -0.3 is 20.1 Å². The Morgan fingerprint density at radius 3 is 2.41 bits per heavy atom. The number of carboxylic acids is 1. The first-order valence-electron chi connectivity index (χ1n) is 5.21. The highest BCUT2D eigenvalue weighted by Gasteiger charge is 2.46. The van der Waals surface area contributed by atoms with Crippen molar-refractivity contribution in [2.75, 3.05) is 0 Å². The van der Waals surface area contributed by atoms with Gasteiger partial charge in [-0.15, -0.1) is 0 Å². The number of aliphatic hydroxyl groups is 2. The van der Waals surface area contributed by atoms with E-state index in [9.17, 15) is 19.5 Å². The molecule has 0 amide bonds. The fraction of sp³-hybridized carbons (Fsp3) is 0.700. The standard InChI is InChI=1S/C10H14O7/c1-2-4(9(14)15)3-5(11)8-6(12)7(13)10(16)17-8/h4-5,7-8,11,13H,2-3H2,1H3,(H,14,15)/t4-,5?,7?,8+/m0/s1. The van der Waals surface area contributed by atoms with Crippen molar-refractivity contribution in [1.82, 2.24) is 0 Å². The Bertz CT molecular complexity index is 338. The first-order chi connectivity index (χ1) is 7.88. The van der Waals surface area contributed by atoms with Crippen LogP contribution in [-0.4, -0.2) is 51.4 Å². The fourth-order valence-electron chi connectivity index (χ4n) is 1.64. The molecule has 4 atom stereocenters. The molecule has 1 rings (SSSR count). The molecule has 0 aromatic heterocycles. The summed E-state index contributed by atoms with van der Waals surface area (Å²) < 4.78 is 4.49. The van der Waals surface area contributed by atoms with Crippen molar-refractivity contribution >= 4 is 17.7 Å². The van der Waals surface area contributed by atoms with E-state index in [4.69, 9.17) is 10.2 Å². The van der Waals surface area contributed by atoms with E-state index >= 15 is 0 Å². The Kier molecular flexibility index (Phi) is 4.19. The predicted molar refractivity (Wildman–Crippen MR) is 52.9 cm³/mol. The number of aliphatic carboxylic acids is 1. The number of ketones is 1. The molecule has 0 aromatic carbocycles. The van der Waals surface area contributed by atoms with Gasteiger partial charge in [0, 0.05) is 0 Å². The van der Waals surface area contributed by atoms with Gasteiger partial charge in [-0.05, 0) is 12.8 Å². The average Bonchev–Trinajstić information content (AvgIpc) is 2.53. The third kappa shape index (κ3) is 2.80. The van der Waals surface area contributed by atoms with Gasteiger partial charge in [-0.1, -0.05) is 6.92 Å². The molecule has 0 saturated carbocycles. The second kappa shape index (κ2) is 5.24. The highest BCUT2D eigenvalue weighted by atomic mass is 16.6. The lowest BCUT2D eigenvalue weighted by Gasteiger charge is -2.18. The van der Waals surface area contributed by atoms with Gasteiger partial charge in [0.15, 0.2) is 6.10 Å². The molecule has 7 heteroatoms. The van der Waals surface area contributed by atoms with Crippen molar-refractivity contribution in [2.24, 2.45) is 5.92 Å².